The van der Waals surface area contributed by atoms with Crippen LogP contribution in [0, 0.1) is 0 Å². The molecular formula is C17H18O4. The second-order valence-corrected chi connectivity index (χ2v) is 4.56. The molecule has 0 saturated heterocycles. The number of methoxy groups -OCH3 is 1. The van der Waals surface area contributed by atoms with Crippen LogP contribution in [0.4, 0.5) is 0 Å². The highest BCUT2D eigenvalue weighted by Crippen LogP contribution is 2.24. The van der Waals surface area contributed by atoms with Crippen LogP contribution < -0.4 is 9.47 Å². The van der Waals surface area contributed by atoms with E-state index in [0.29, 0.717) is 24.3 Å². The second-order valence-electron chi connectivity index (χ2n) is 4.56. The van der Waals surface area contributed by atoms with Gasteiger partial charge in [0.05, 0.1) is 7.11 Å². The summed E-state index contributed by atoms with van der Waals surface area (Å²) in [6.07, 6.45) is 1.34. The summed E-state index contributed by atoms with van der Waals surface area (Å²) in [6, 6.07) is 12.8. The summed E-state index contributed by atoms with van der Waals surface area (Å²) in [5, 5.41) is 9.07. The van der Waals surface area contributed by atoms with Crippen molar-refractivity contribution in [1.82, 2.24) is 0 Å². The fourth-order valence-electron chi connectivity index (χ4n) is 2.11. The molecule has 2 aromatic rings. The van der Waals surface area contributed by atoms with Crippen molar-refractivity contribution >= 4 is 6.29 Å². The smallest absolute Gasteiger partial charge is 0.150 e. The molecule has 0 bridgehead atoms. The maximum atomic E-state index is 10.9. The van der Waals surface area contributed by atoms with Crippen LogP contribution in [0.5, 0.6) is 11.5 Å². The number of hydrogen-bond acceptors (Lipinski definition) is 4. The van der Waals surface area contributed by atoms with Crippen LogP contribution in [0.3, 0.4) is 0 Å². The molecule has 0 aliphatic carbocycles. The lowest BCUT2D eigenvalue weighted by molar-refractivity contribution is 0.112. The molecule has 0 radical (unpaired) electrons. The molecule has 0 saturated carbocycles. The lowest BCUT2D eigenvalue weighted by Gasteiger charge is -2.13. The molecule has 0 aliphatic heterocycles. The number of rotatable bonds is 7. The minimum absolute atomic E-state index is 0.0737. The van der Waals surface area contributed by atoms with Crippen LogP contribution in [0.2, 0.25) is 0 Å². The van der Waals surface area contributed by atoms with Crippen molar-refractivity contribution in [3.05, 3.63) is 59.2 Å². The Morgan fingerprint density at radius 3 is 2.62 bits per heavy atom. The van der Waals surface area contributed by atoms with Crippen LogP contribution in [-0.4, -0.2) is 25.1 Å². The summed E-state index contributed by atoms with van der Waals surface area (Å²) in [4.78, 5) is 10.9. The van der Waals surface area contributed by atoms with Crippen LogP contribution in [0.1, 0.15) is 21.5 Å². The highest BCUT2D eigenvalue weighted by Gasteiger charge is 2.07. The fraction of sp³-hybridized carbons (Fsp3) is 0.235. The van der Waals surface area contributed by atoms with Crippen molar-refractivity contribution in [3.8, 4) is 11.5 Å². The van der Waals surface area contributed by atoms with E-state index in [4.69, 9.17) is 14.6 Å². The molecule has 110 valence electrons. The number of carbonyl (C=O) groups is 1. The Hall–Kier alpha value is -2.33. The van der Waals surface area contributed by atoms with Gasteiger partial charge in [-0.05, 0) is 36.2 Å². The number of hydrogen-bond donors (Lipinski definition) is 1. The van der Waals surface area contributed by atoms with Crippen LogP contribution in [-0.2, 0) is 13.0 Å². The summed E-state index contributed by atoms with van der Waals surface area (Å²) < 4.78 is 11.1. The molecule has 4 heteroatoms. The van der Waals surface area contributed by atoms with Gasteiger partial charge in [-0.1, -0.05) is 18.2 Å². The molecule has 4 nitrogen and oxygen atoms in total. The third-order valence-corrected chi connectivity index (χ3v) is 3.18. The molecule has 2 rings (SSSR count). The van der Waals surface area contributed by atoms with Gasteiger partial charge < -0.3 is 14.6 Å². The van der Waals surface area contributed by atoms with Crippen molar-refractivity contribution in [2.75, 3.05) is 13.7 Å². The first-order valence-corrected chi connectivity index (χ1v) is 6.72. The summed E-state index contributed by atoms with van der Waals surface area (Å²) >= 11 is 0. The highest BCUT2D eigenvalue weighted by atomic mass is 16.5. The van der Waals surface area contributed by atoms with Gasteiger partial charge in [0, 0.05) is 17.7 Å². The first-order valence-electron chi connectivity index (χ1n) is 6.72. The van der Waals surface area contributed by atoms with E-state index in [9.17, 15) is 4.79 Å². The van der Waals surface area contributed by atoms with Gasteiger partial charge in [-0.15, -0.1) is 0 Å². The summed E-state index contributed by atoms with van der Waals surface area (Å²) in [7, 11) is 1.58. The van der Waals surface area contributed by atoms with E-state index in [1.165, 1.54) is 0 Å². The van der Waals surface area contributed by atoms with Gasteiger partial charge in [0.25, 0.3) is 0 Å². The molecule has 0 unspecified atom stereocenters. The van der Waals surface area contributed by atoms with E-state index in [2.05, 4.69) is 0 Å². The summed E-state index contributed by atoms with van der Waals surface area (Å²) in [5.41, 5.74) is 2.34. The first-order chi connectivity index (χ1) is 10.3. The summed E-state index contributed by atoms with van der Waals surface area (Å²) in [5.74, 6) is 1.41. The lowest BCUT2D eigenvalue weighted by Crippen LogP contribution is -2.02. The molecule has 0 aliphatic rings. The maximum absolute atomic E-state index is 10.9. The monoisotopic (exact) mass is 286 g/mol. The Balaban J connectivity index is 2.17. The highest BCUT2D eigenvalue weighted by molar-refractivity contribution is 5.75. The van der Waals surface area contributed by atoms with E-state index < -0.39 is 0 Å². The topological polar surface area (TPSA) is 55.8 Å². The molecule has 0 fully saturated rings. The number of benzene rings is 2. The molecule has 0 amide bonds. The molecule has 0 atom stereocenters. The minimum atomic E-state index is 0.0737. The van der Waals surface area contributed by atoms with Gasteiger partial charge in [0.2, 0.25) is 0 Å². The first kappa shape index (κ1) is 15.1. The normalized spacial score (nSPS) is 10.2. The molecule has 0 aromatic heterocycles. The fourth-order valence-corrected chi connectivity index (χ4v) is 2.11. The van der Waals surface area contributed by atoms with E-state index in [1.54, 1.807) is 25.3 Å². The van der Waals surface area contributed by atoms with E-state index >= 15 is 0 Å². The number of carbonyl (C=O) groups excluding carboxylic acids is 1. The van der Waals surface area contributed by atoms with Crippen molar-refractivity contribution in [2.24, 2.45) is 0 Å². The number of aliphatic hydroxyl groups is 1. The zero-order chi connectivity index (χ0) is 15.1. The quantitative estimate of drug-likeness (QED) is 0.795. The van der Waals surface area contributed by atoms with Gasteiger partial charge >= 0.3 is 0 Å². The zero-order valence-electron chi connectivity index (χ0n) is 11.9. The minimum Gasteiger partial charge on any atom is -0.496 e. The number of aldehydes is 1. The third kappa shape index (κ3) is 3.83. The number of ether oxygens (including phenoxy) is 2. The largest absolute Gasteiger partial charge is 0.496 e. The zero-order valence-corrected chi connectivity index (χ0v) is 11.9. The average Bonchev–Trinajstić information content (AvgIpc) is 2.54. The van der Waals surface area contributed by atoms with Crippen LogP contribution >= 0.6 is 0 Å². The summed E-state index contributed by atoms with van der Waals surface area (Å²) in [6.45, 7) is 0.373. The molecule has 1 N–H and O–H groups in total. The van der Waals surface area contributed by atoms with Crippen LogP contribution in [0.25, 0.3) is 0 Å². The second kappa shape index (κ2) is 7.45. The van der Waals surface area contributed by atoms with Crippen molar-refractivity contribution in [3.63, 3.8) is 0 Å². The van der Waals surface area contributed by atoms with Gasteiger partial charge in [-0.2, -0.15) is 0 Å². The number of para-hydroxylation sites is 1. The number of aliphatic hydroxyl groups excluding tert-OH is 1. The molecule has 0 heterocycles. The van der Waals surface area contributed by atoms with Gasteiger partial charge in [0.15, 0.2) is 0 Å². The van der Waals surface area contributed by atoms with E-state index in [-0.39, 0.29) is 6.61 Å². The van der Waals surface area contributed by atoms with Crippen molar-refractivity contribution in [1.29, 1.82) is 0 Å². The SMILES string of the molecule is COc1ccc(C=O)cc1COc1ccccc1CCO. The Labute approximate surface area is 123 Å². The van der Waals surface area contributed by atoms with E-state index in [0.717, 1.165) is 23.2 Å². The Bertz CT molecular complexity index is 607. The van der Waals surface area contributed by atoms with Crippen LogP contribution in [0.15, 0.2) is 42.5 Å². The third-order valence-electron chi connectivity index (χ3n) is 3.18. The lowest BCUT2D eigenvalue weighted by atomic mass is 10.1. The average molecular weight is 286 g/mol. The molecular weight excluding hydrogens is 268 g/mol. The van der Waals surface area contributed by atoms with Gasteiger partial charge in [0.1, 0.15) is 24.4 Å². The molecule has 0 spiro atoms. The maximum Gasteiger partial charge on any atom is 0.150 e. The van der Waals surface area contributed by atoms with Gasteiger partial charge in [-0.25, -0.2) is 0 Å². The Morgan fingerprint density at radius 1 is 1.10 bits per heavy atom. The molecule has 2 aromatic carbocycles. The van der Waals surface area contributed by atoms with Crippen molar-refractivity contribution < 1.29 is 19.4 Å². The Morgan fingerprint density at radius 2 is 1.90 bits per heavy atom. The predicted molar refractivity (Wildman–Crippen MR) is 79.9 cm³/mol. The Kier molecular flexibility index (Phi) is 5.35. The predicted octanol–water partition coefficient (Wildman–Crippen LogP) is 2.62. The standard InChI is InChI=1S/C17H18O4/c1-20-16-7-6-13(11-19)10-15(16)12-21-17-5-3-2-4-14(17)8-9-18/h2-7,10-11,18H,8-9,12H2,1H3. The molecule has 21 heavy (non-hydrogen) atoms. The van der Waals surface area contributed by atoms with Gasteiger partial charge in [-0.3, -0.25) is 4.79 Å². The van der Waals surface area contributed by atoms with E-state index in [1.807, 2.05) is 24.3 Å². The van der Waals surface area contributed by atoms with Crippen molar-refractivity contribution in [2.45, 2.75) is 13.0 Å².